The van der Waals surface area contributed by atoms with Crippen LogP contribution in [0.1, 0.15) is 25.7 Å². The number of carbonyl (C=O) groups is 1. The number of carbonyl (C=O) groups excluding carboxylic acids is 1. The van der Waals surface area contributed by atoms with E-state index in [1.165, 1.54) is 16.2 Å². The van der Waals surface area contributed by atoms with Gasteiger partial charge in [0.25, 0.3) is 0 Å². The third-order valence-corrected chi connectivity index (χ3v) is 3.89. The summed E-state index contributed by atoms with van der Waals surface area (Å²) in [5, 5.41) is 0. The van der Waals surface area contributed by atoms with Crippen molar-refractivity contribution in [3.05, 3.63) is 51.2 Å². The predicted octanol–water partition coefficient (Wildman–Crippen LogP) is 3.60. The molecule has 0 amide bonds. The minimum atomic E-state index is 0.0312. The molecule has 0 unspecified atom stereocenters. The molecule has 2 rings (SSSR count). The molecule has 2 nitrogen and oxygen atoms in total. The second-order valence-electron chi connectivity index (χ2n) is 3.88. The Bertz CT molecular complexity index is 536. The van der Waals surface area contributed by atoms with Gasteiger partial charge in [0.1, 0.15) is 5.75 Å². The first-order chi connectivity index (χ1) is 8.13. The molecule has 0 aliphatic carbocycles. The predicted molar refractivity (Wildman–Crippen MR) is 70.2 cm³/mol. The Morgan fingerprint density at radius 2 is 1.94 bits per heavy atom. The van der Waals surface area contributed by atoms with Crippen LogP contribution >= 0.6 is 11.3 Å². The molecule has 1 aromatic carbocycles. The molecule has 0 bridgehead atoms. The average molecular weight is 246 g/mol. The highest BCUT2D eigenvalue weighted by Crippen LogP contribution is 2.27. The Balaban J connectivity index is 2.43. The highest BCUT2D eigenvalue weighted by atomic mass is 32.1. The Morgan fingerprint density at radius 1 is 1.24 bits per heavy atom. The van der Waals surface area contributed by atoms with Gasteiger partial charge in [-0.25, -0.2) is 0 Å². The number of para-hydroxylation sites is 1. The first-order valence-corrected chi connectivity index (χ1v) is 6.20. The second kappa shape index (κ2) is 4.72. The van der Waals surface area contributed by atoms with E-state index in [2.05, 4.69) is 0 Å². The van der Waals surface area contributed by atoms with Gasteiger partial charge in [-0.15, -0.1) is 11.3 Å². The SMILES string of the molecule is COc1ccccc1C(=O)c1cc(C)c(C)s1. The van der Waals surface area contributed by atoms with E-state index < -0.39 is 0 Å². The van der Waals surface area contributed by atoms with Crippen molar-refractivity contribution in [1.82, 2.24) is 0 Å². The summed E-state index contributed by atoms with van der Waals surface area (Å²) >= 11 is 1.53. The van der Waals surface area contributed by atoms with Gasteiger partial charge >= 0.3 is 0 Å². The highest BCUT2D eigenvalue weighted by Gasteiger charge is 2.16. The van der Waals surface area contributed by atoms with Crippen molar-refractivity contribution in [3.63, 3.8) is 0 Å². The summed E-state index contributed by atoms with van der Waals surface area (Å²) in [5.41, 5.74) is 1.78. The average Bonchev–Trinajstić information content (AvgIpc) is 2.68. The van der Waals surface area contributed by atoms with E-state index in [9.17, 15) is 4.79 Å². The number of rotatable bonds is 3. The summed E-state index contributed by atoms with van der Waals surface area (Å²) in [6, 6.07) is 9.25. The van der Waals surface area contributed by atoms with E-state index in [-0.39, 0.29) is 5.78 Å². The minimum Gasteiger partial charge on any atom is -0.496 e. The van der Waals surface area contributed by atoms with Gasteiger partial charge in [0, 0.05) is 4.88 Å². The number of benzene rings is 1. The van der Waals surface area contributed by atoms with Crippen molar-refractivity contribution in [2.45, 2.75) is 13.8 Å². The fraction of sp³-hybridized carbons (Fsp3) is 0.214. The third kappa shape index (κ3) is 2.24. The van der Waals surface area contributed by atoms with Crippen molar-refractivity contribution < 1.29 is 9.53 Å². The fourth-order valence-corrected chi connectivity index (χ4v) is 2.64. The summed E-state index contributed by atoms with van der Waals surface area (Å²) in [6.45, 7) is 4.05. The lowest BCUT2D eigenvalue weighted by Crippen LogP contribution is -2.01. The van der Waals surface area contributed by atoms with E-state index in [1.807, 2.05) is 32.0 Å². The van der Waals surface area contributed by atoms with E-state index in [4.69, 9.17) is 4.74 Å². The van der Waals surface area contributed by atoms with Crippen molar-refractivity contribution in [3.8, 4) is 5.75 Å². The molecule has 0 aliphatic heterocycles. The van der Waals surface area contributed by atoms with Crippen LogP contribution in [0.2, 0.25) is 0 Å². The first kappa shape index (κ1) is 11.9. The summed E-state index contributed by atoms with van der Waals surface area (Å²) in [6.07, 6.45) is 0. The van der Waals surface area contributed by atoms with Crippen molar-refractivity contribution in [2.24, 2.45) is 0 Å². The molecule has 0 saturated carbocycles. The normalized spacial score (nSPS) is 10.3. The Kier molecular flexibility index (Phi) is 3.29. The third-order valence-electron chi connectivity index (χ3n) is 2.74. The Morgan fingerprint density at radius 3 is 2.53 bits per heavy atom. The molecule has 1 aromatic heterocycles. The van der Waals surface area contributed by atoms with Crippen LogP contribution in [-0.2, 0) is 0 Å². The number of ether oxygens (including phenoxy) is 1. The van der Waals surface area contributed by atoms with Gasteiger partial charge < -0.3 is 4.74 Å². The number of hydrogen-bond donors (Lipinski definition) is 0. The smallest absolute Gasteiger partial charge is 0.206 e. The zero-order valence-electron chi connectivity index (χ0n) is 10.1. The summed E-state index contributed by atoms with van der Waals surface area (Å²) < 4.78 is 5.21. The van der Waals surface area contributed by atoms with Gasteiger partial charge in [-0.3, -0.25) is 4.79 Å². The maximum absolute atomic E-state index is 12.3. The lowest BCUT2D eigenvalue weighted by atomic mass is 10.1. The maximum Gasteiger partial charge on any atom is 0.206 e. The largest absolute Gasteiger partial charge is 0.496 e. The van der Waals surface area contributed by atoms with E-state index >= 15 is 0 Å². The van der Waals surface area contributed by atoms with Crippen LogP contribution in [0.25, 0.3) is 0 Å². The molecular weight excluding hydrogens is 232 g/mol. The number of ketones is 1. The van der Waals surface area contributed by atoms with Crippen LogP contribution in [0.4, 0.5) is 0 Å². The molecule has 0 fully saturated rings. The topological polar surface area (TPSA) is 26.3 Å². The quantitative estimate of drug-likeness (QED) is 0.773. The van der Waals surface area contributed by atoms with Gasteiger partial charge in [0.05, 0.1) is 17.6 Å². The van der Waals surface area contributed by atoms with Crippen LogP contribution in [0.15, 0.2) is 30.3 Å². The molecule has 0 N–H and O–H groups in total. The van der Waals surface area contributed by atoms with Crippen LogP contribution in [0.5, 0.6) is 5.75 Å². The van der Waals surface area contributed by atoms with Crippen molar-refractivity contribution >= 4 is 17.1 Å². The zero-order chi connectivity index (χ0) is 12.4. The summed E-state index contributed by atoms with van der Waals surface area (Å²) in [4.78, 5) is 14.3. The van der Waals surface area contributed by atoms with E-state index in [0.717, 1.165) is 10.4 Å². The molecule has 2 aromatic rings. The van der Waals surface area contributed by atoms with Gasteiger partial charge in [-0.1, -0.05) is 12.1 Å². The lowest BCUT2D eigenvalue weighted by molar-refractivity contribution is 0.103. The molecule has 3 heteroatoms. The number of aryl methyl sites for hydroxylation is 2. The van der Waals surface area contributed by atoms with Crippen LogP contribution in [0.3, 0.4) is 0 Å². The first-order valence-electron chi connectivity index (χ1n) is 5.38. The summed E-state index contributed by atoms with van der Waals surface area (Å²) in [7, 11) is 1.58. The molecule has 0 saturated heterocycles. The summed E-state index contributed by atoms with van der Waals surface area (Å²) in [5.74, 6) is 0.657. The zero-order valence-corrected chi connectivity index (χ0v) is 10.9. The fourth-order valence-electron chi connectivity index (χ4n) is 1.65. The molecule has 1 heterocycles. The van der Waals surface area contributed by atoms with E-state index in [0.29, 0.717) is 11.3 Å². The molecule has 0 aliphatic rings. The number of thiophene rings is 1. The second-order valence-corrected chi connectivity index (χ2v) is 5.14. The number of methoxy groups -OCH3 is 1. The molecule has 88 valence electrons. The Labute approximate surface area is 105 Å². The van der Waals surface area contributed by atoms with Crippen molar-refractivity contribution in [1.29, 1.82) is 0 Å². The van der Waals surface area contributed by atoms with Gasteiger partial charge in [-0.05, 0) is 37.6 Å². The van der Waals surface area contributed by atoms with Gasteiger partial charge in [0.2, 0.25) is 5.78 Å². The highest BCUT2D eigenvalue weighted by molar-refractivity contribution is 7.14. The van der Waals surface area contributed by atoms with E-state index in [1.54, 1.807) is 19.2 Å². The Hall–Kier alpha value is -1.61. The van der Waals surface area contributed by atoms with Gasteiger partial charge in [-0.2, -0.15) is 0 Å². The van der Waals surface area contributed by atoms with Gasteiger partial charge in [0.15, 0.2) is 0 Å². The minimum absolute atomic E-state index is 0.0312. The molecule has 17 heavy (non-hydrogen) atoms. The molecular formula is C14H14O2S. The molecule has 0 atom stereocenters. The van der Waals surface area contributed by atoms with Crippen LogP contribution < -0.4 is 4.74 Å². The molecule has 0 spiro atoms. The maximum atomic E-state index is 12.3. The van der Waals surface area contributed by atoms with Crippen molar-refractivity contribution in [2.75, 3.05) is 7.11 Å². The van der Waals surface area contributed by atoms with Crippen LogP contribution in [0, 0.1) is 13.8 Å². The standard InChI is InChI=1S/C14H14O2S/c1-9-8-13(17-10(9)2)14(15)11-6-4-5-7-12(11)16-3/h4-8H,1-3H3. The lowest BCUT2D eigenvalue weighted by Gasteiger charge is -2.05. The molecule has 0 radical (unpaired) electrons. The van der Waals surface area contributed by atoms with Crippen LogP contribution in [-0.4, -0.2) is 12.9 Å². The monoisotopic (exact) mass is 246 g/mol. The number of hydrogen-bond acceptors (Lipinski definition) is 3.